The SMILES string of the molecule is CC(C)N1C(=O)CC(NCc2ccncn2)C1=O. The van der Waals surface area contributed by atoms with Crippen molar-refractivity contribution in [2.45, 2.75) is 38.9 Å². The van der Waals surface area contributed by atoms with Crippen molar-refractivity contribution in [1.82, 2.24) is 20.2 Å². The van der Waals surface area contributed by atoms with Crippen molar-refractivity contribution >= 4 is 11.8 Å². The van der Waals surface area contributed by atoms with Crippen molar-refractivity contribution in [3.05, 3.63) is 24.3 Å². The second kappa shape index (κ2) is 5.22. The first-order valence-corrected chi connectivity index (χ1v) is 5.93. The molecule has 6 nitrogen and oxygen atoms in total. The summed E-state index contributed by atoms with van der Waals surface area (Å²) in [6, 6.07) is 1.25. The summed E-state index contributed by atoms with van der Waals surface area (Å²) in [5.74, 6) is -0.265. The van der Waals surface area contributed by atoms with Gasteiger partial charge in [0.2, 0.25) is 11.8 Å². The predicted octanol–water partition coefficient (Wildman–Crippen LogP) is 0.102. The van der Waals surface area contributed by atoms with E-state index in [1.165, 1.54) is 11.2 Å². The molecule has 1 atom stereocenters. The van der Waals surface area contributed by atoms with Gasteiger partial charge < -0.3 is 0 Å². The molecule has 1 aliphatic heterocycles. The van der Waals surface area contributed by atoms with Crippen LogP contribution < -0.4 is 5.32 Å². The average molecular weight is 248 g/mol. The molecule has 2 heterocycles. The van der Waals surface area contributed by atoms with Gasteiger partial charge in [-0.15, -0.1) is 0 Å². The lowest BCUT2D eigenvalue weighted by Gasteiger charge is -2.19. The zero-order valence-corrected chi connectivity index (χ0v) is 10.5. The molecule has 1 fully saturated rings. The standard InChI is InChI=1S/C12H16N4O2/c1-8(2)16-11(17)5-10(12(16)18)14-6-9-3-4-13-7-15-9/h3-4,7-8,10,14H,5-6H2,1-2H3. The van der Waals surface area contributed by atoms with Crippen molar-refractivity contribution < 1.29 is 9.59 Å². The molecule has 0 radical (unpaired) electrons. The number of nitrogens with zero attached hydrogens (tertiary/aromatic N) is 3. The maximum atomic E-state index is 12.0. The summed E-state index contributed by atoms with van der Waals surface area (Å²) in [5, 5.41) is 3.06. The molecule has 6 heteroatoms. The zero-order chi connectivity index (χ0) is 13.1. The largest absolute Gasteiger partial charge is 0.300 e. The molecule has 18 heavy (non-hydrogen) atoms. The maximum absolute atomic E-state index is 12.0. The molecule has 0 aromatic carbocycles. The number of carbonyl (C=O) groups excluding carboxylic acids is 2. The Bertz CT molecular complexity index is 447. The Hall–Kier alpha value is -1.82. The van der Waals surface area contributed by atoms with Gasteiger partial charge in [0.05, 0.1) is 18.2 Å². The van der Waals surface area contributed by atoms with Crippen LogP contribution in [0.15, 0.2) is 18.6 Å². The predicted molar refractivity (Wildman–Crippen MR) is 64.3 cm³/mol. The van der Waals surface area contributed by atoms with Gasteiger partial charge in [0, 0.05) is 18.8 Å². The molecule has 1 N–H and O–H groups in total. The third-order valence-corrected chi connectivity index (χ3v) is 2.87. The van der Waals surface area contributed by atoms with Crippen molar-refractivity contribution in [3.8, 4) is 0 Å². The van der Waals surface area contributed by atoms with E-state index in [0.717, 1.165) is 5.69 Å². The number of nitrogens with one attached hydrogen (secondary N) is 1. The molecule has 0 spiro atoms. The number of rotatable bonds is 4. The molecule has 1 aliphatic rings. The highest BCUT2D eigenvalue weighted by atomic mass is 16.2. The van der Waals surface area contributed by atoms with Crippen molar-refractivity contribution in [2.24, 2.45) is 0 Å². The number of likely N-dealkylation sites (tertiary alicyclic amines) is 1. The Morgan fingerprint density at radius 2 is 2.28 bits per heavy atom. The molecular weight excluding hydrogens is 232 g/mol. The second-order valence-corrected chi connectivity index (χ2v) is 4.53. The van der Waals surface area contributed by atoms with Crippen LogP contribution in [0.4, 0.5) is 0 Å². The topological polar surface area (TPSA) is 75.2 Å². The van der Waals surface area contributed by atoms with Crippen LogP contribution >= 0.6 is 0 Å². The summed E-state index contributed by atoms with van der Waals surface area (Å²) < 4.78 is 0. The lowest BCUT2D eigenvalue weighted by atomic mass is 10.2. The fourth-order valence-electron chi connectivity index (χ4n) is 2.00. The van der Waals surface area contributed by atoms with Gasteiger partial charge in [-0.25, -0.2) is 9.97 Å². The Kier molecular flexibility index (Phi) is 3.66. The number of aromatic nitrogens is 2. The number of hydrogen-bond acceptors (Lipinski definition) is 5. The summed E-state index contributed by atoms with van der Waals surface area (Å²) in [6.07, 6.45) is 3.33. The van der Waals surface area contributed by atoms with Gasteiger partial charge in [-0.05, 0) is 19.9 Å². The van der Waals surface area contributed by atoms with Crippen LogP contribution in [0.2, 0.25) is 0 Å². The Labute approximate surface area is 105 Å². The average Bonchev–Trinajstić information content (AvgIpc) is 2.63. The molecule has 0 bridgehead atoms. The van der Waals surface area contributed by atoms with Crippen LogP contribution in [0.1, 0.15) is 26.0 Å². The molecular formula is C12H16N4O2. The molecule has 0 aliphatic carbocycles. The van der Waals surface area contributed by atoms with Crippen LogP contribution in [-0.2, 0) is 16.1 Å². The molecule has 2 rings (SSSR count). The van der Waals surface area contributed by atoms with Crippen molar-refractivity contribution in [1.29, 1.82) is 0 Å². The van der Waals surface area contributed by atoms with Crippen LogP contribution in [-0.4, -0.2) is 38.8 Å². The number of imide groups is 1. The van der Waals surface area contributed by atoms with Crippen LogP contribution in [0, 0.1) is 0 Å². The fourth-order valence-corrected chi connectivity index (χ4v) is 2.00. The van der Waals surface area contributed by atoms with Crippen LogP contribution in [0.3, 0.4) is 0 Å². The van der Waals surface area contributed by atoms with Crippen LogP contribution in [0.5, 0.6) is 0 Å². The minimum absolute atomic E-state index is 0.0872. The third-order valence-electron chi connectivity index (χ3n) is 2.87. The highest BCUT2D eigenvalue weighted by Gasteiger charge is 2.39. The highest BCUT2D eigenvalue weighted by molar-refractivity contribution is 6.05. The van der Waals surface area contributed by atoms with Crippen molar-refractivity contribution in [2.75, 3.05) is 0 Å². The zero-order valence-electron chi connectivity index (χ0n) is 10.5. The minimum atomic E-state index is -0.435. The number of amides is 2. The lowest BCUT2D eigenvalue weighted by Crippen LogP contribution is -2.41. The lowest BCUT2D eigenvalue weighted by molar-refractivity contribution is -0.140. The van der Waals surface area contributed by atoms with Gasteiger partial charge in [-0.2, -0.15) is 0 Å². The quantitative estimate of drug-likeness (QED) is 0.765. The van der Waals surface area contributed by atoms with E-state index < -0.39 is 6.04 Å². The molecule has 2 amide bonds. The number of carbonyl (C=O) groups is 2. The van der Waals surface area contributed by atoms with E-state index in [1.54, 1.807) is 12.3 Å². The summed E-state index contributed by atoms with van der Waals surface area (Å²) in [7, 11) is 0. The molecule has 1 saturated heterocycles. The fraction of sp³-hybridized carbons (Fsp3) is 0.500. The van der Waals surface area contributed by atoms with E-state index in [1.807, 2.05) is 13.8 Å². The first-order valence-electron chi connectivity index (χ1n) is 5.93. The third kappa shape index (κ3) is 2.53. The van der Waals surface area contributed by atoms with E-state index in [0.29, 0.717) is 6.54 Å². The molecule has 96 valence electrons. The van der Waals surface area contributed by atoms with Crippen LogP contribution in [0.25, 0.3) is 0 Å². The smallest absolute Gasteiger partial charge is 0.247 e. The van der Waals surface area contributed by atoms with Crippen molar-refractivity contribution in [3.63, 3.8) is 0 Å². The molecule has 1 aromatic rings. The molecule has 1 unspecified atom stereocenters. The van der Waals surface area contributed by atoms with Gasteiger partial charge in [-0.3, -0.25) is 19.8 Å². The maximum Gasteiger partial charge on any atom is 0.247 e. The summed E-state index contributed by atoms with van der Waals surface area (Å²) in [6.45, 7) is 4.13. The minimum Gasteiger partial charge on any atom is -0.300 e. The van der Waals surface area contributed by atoms with E-state index in [-0.39, 0.29) is 24.3 Å². The van der Waals surface area contributed by atoms with E-state index >= 15 is 0 Å². The Morgan fingerprint density at radius 1 is 1.50 bits per heavy atom. The van der Waals surface area contributed by atoms with Gasteiger partial charge >= 0.3 is 0 Å². The van der Waals surface area contributed by atoms with Gasteiger partial charge in [0.1, 0.15) is 6.33 Å². The van der Waals surface area contributed by atoms with Gasteiger partial charge in [0.15, 0.2) is 0 Å². The normalized spacial score (nSPS) is 19.9. The number of hydrogen-bond donors (Lipinski definition) is 1. The first kappa shape index (κ1) is 12.6. The summed E-state index contributed by atoms with van der Waals surface area (Å²) >= 11 is 0. The van der Waals surface area contributed by atoms with E-state index in [4.69, 9.17) is 0 Å². The summed E-state index contributed by atoms with van der Waals surface area (Å²) in [4.78, 5) is 32.9. The van der Waals surface area contributed by atoms with Gasteiger partial charge in [0.25, 0.3) is 0 Å². The molecule has 0 saturated carbocycles. The summed E-state index contributed by atoms with van der Waals surface area (Å²) in [5.41, 5.74) is 0.799. The van der Waals surface area contributed by atoms with E-state index in [2.05, 4.69) is 15.3 Å². The Morgan fingerprint density at radius 3 is 2.83 bits per heavy atom. The van der Waals surface area contributed by atoms with E-state index in [9.17, 15) is 9.59 Å². The second-order valence-electron chi connectivity index (χ2n) is 4.53. The van der Waals surface area contributed by atoms with Gasteiger partial charge in [-0.1, -0.05) is 0 Å². The monoisotopic (exact) mass is 248 g/mol. The Balaban J connectivity index is 1.96. The first-order chi connectivity index (χ1) is 8.59. The highest BCUT2D eigenvalue weighted by Crippen LogP contribution is 2.16. The molecule has 1 aromatic heterocycles.